The van der Waals surface area contributed by atoms with E-state index < -0.39 is 12.8 Å². The van der Waals surface area contributed by atoms with E-state index in [0.717, 1.165) is 5.56 Å². The van der Waals surface area contributed by atoms with Crippen molar-refractivity contribution >= 4 is 11.6 Å². The van der Waals surface area contributed by atoms with E-state index in [1.807, 2.05) is 0 Å². The first-order valence-electron chi connectivity index (χ1n) is 5.61. The first kappa shape index (κ1) is 16.2. The maximum Gasteiger partial charge on any atom is 0.411 e. The minimum atomic E-state index is -4.31. The molecule has 0 aliphatic heterocycles. The predicted molar refractivity (Wildman–Crippen MR) is 65.6 cm³/mol. The van der Waals surface area contributed by atoms with Crippen LogP contribution in [0.1, 0.15) is 12.0 Å². The zero-order chi connectivity index (χ0) is 14.3. The maximum atomic E-state index is 11.9. The van der Waals surface area contributed by atoms with Gasteiger partial charge in [0.05, 0.1) is 5.02 Å². The summed E-state index contributed by atoms with van der Waals surface area (Å²) in [6.07, 6.45) is -0.363. The Morgan fingerprint density at radius 2 is 2.21 bits per heavy atom. The molecule has 108 valence electrons. The van der Waals surface area contributed by atoms with E-state index in [4.69, 9.17) is 17.4 Å². The second-order valence-corrected chi connectivity index (χ2v) is 4.40. The number of pyridine rings is 1. The first-order chi connectivity index (χ1) is 8.92. The molecular formula is C11H15ClF3N3O. The Morgan fingerprint density at radius 1 is 1.47 bits per heavy atom. The van der Waals surface area contributed by atoms with Crippen LogP contribution < -0.4 is 11.3 Å². The fourth-order valence-electron chi connectivity index (χ4n) is 1.49. The molecule has 0 spiro atoms. The molecule has 0 bridgehead atoms. The zero-order valence-corrected chi connectivity index (χ0v) is 10.8. The summed E-state index contributed by atoms with van der Waals surface area (Å²) in [6.45, 7) is -1.28. The molecule has 1 unspecified atom stereocenters. The average molecular weight is 298 g/mol. The van der Waals surface area contributed by atoms with Crippen molar-refractivity contribution in [3.05, 3.63) is 29.0 Å². The molecule has 0 fully saturated rings. The van der Waals surface area contributed by atoms with E-state index in [-0.39, 0.29) is 12.6 Å². The zero-order valence-electron chi connectivity index (χ0n) is 10.1. The minimum absolute atomic E-state index is 0.0307. The number of hydrogen-bond acceptors (Lipinski definition) is 4. The van der Waals surface area contributed by atoms with Gasteiger partial charge in [0.25, 0.3) is 0 Å². The highest BCUT2D eigenvalue weighted by Crippen LogP contribution is 2.17. The van der Waals surface area contributed by atoms with E-state index in [1.165, 1.54) is 6.20 Å². The standard InChI is InChI=1S/C11H15ClF3N3O/c12-10-6-17-3-1-8(10)5-9(18-16)2-4-19-7-11(13,14)15/h1,3,6,9,18H,2,4-5,7,16H2. The van der Waals surface area contributed by atoms with Crippen LogP contribution in [0, 0.1) is 0 Å². The van der Waals surface area contributed by atoms with Gasteiger partial charge in [0, 0.05) is 25.0 Å². The number of halogens is 4. The van der Waals surface area contributed by atoms with E-state index >= 15 is 0 Å². The molecule has 0 saturated heterocycles. The quantitative estimate of drug-likeness (QED) is 0.459. The van der Waals surface area contributed by atoms with Crippen molar-refractivity contribution < 1.29 is 17.9 Å². The summed E-state index contributed by atoms with van der Waals surface area (Å²) in [6, 6.07) is 1.52. The molecular weight excluding hydrogens is 283 g/mol. The van der Waals surface area contributed by atoms with Crippen LogP contribution in [0.15, 0.2) is 18.5 Å². The van der Waals surface area contributed by atoms with Gasteiger partial charge in [0.15, 0.2) is 0 Å². The Morgan fingerprint density at radius 3 is 2.79 bits per heavy atom. The monoisotopic (exact) mass is 297 g/mol. The van der Waals surface area contributed by atoms with Crippen molar-refractivity contribution in [2.24, 2.45) is 5.84 Å². The van der Waals surface area contributed by atoms with Crippen molar-refractivity contribution in [1.29, 1.82) is 0 Å². The van der Waals surface area contributed by atoms with Crippen LogP contribution in [0.3, 0.4) is 0 Å². The number of nitrogens with two attached hydrogens (primary N) is 1. The lowest BCUT2D eigenvalue weighted by atomic mass is 10.1. The van der Waals surface area contributed by atoms with Crippen molar-refractivity contribution in [1.82, 2.24) is 10.4 Å². The lowest BCUT2D eigenvalue weighted by Gasteiger charge is -2.17. The number of aromatic nitrogens is 1. The van der Waals surface area contributed by atoms with Gasteiger partial charge in [-0.15, -0.1) is 0 Å². The lowest BCUT2D eigenvalue weighted by molar-refractivity contribution is -0.174. The maximum absolute atomic E-state index is 11.9. The molecule has 1 aromatic heterocycles. The van der Waals surface area contributed by atoms with Crippen LogP contribution in [0.5, 0.6) is 0 Å². The SMILES string of the molecule is NNC(CCOCC(F)(F)F)Cc1ccncc1Cl. The van der Waals surface area contributed by atoms with Crippen molar-refractivity contribution in [2.45, 2.75) is 25.1 Å². The van der Waals surface area contributed by atoms with Crippen LogP contribution >= 0.6 is 11.6 Å². The molecule has 0 radical (unpaired) electrons. The molecule has 1 atom stereocenters. The topological polar surface area (TPSA) is 60.2 Å². The summed E-state index contributed by atoms with van der Waals surface area (Å²) < 4.78 is 40.1. The Kier molecular flexibility index (Phi) is 6.50. The number of nitrogens with one attached hydrogen (secondary N) is 1. The van der Waals surface area contributed by atoms with E-state index in [1.54, 1.807) is 12.3 Å². The third-order valence-electron chi connectivity index (χ3n) is 2.43. The van der Waals surface area contributed by atoms with Gasteiger partial charge in [-0.2, -0.15) is 13.2 Å². The summed E-state index contributed by atoms with van der Waals surface area (Å²) in [5.41, 5.74) is 3.36. The summed E-state index contributed by atoms with van der Waals surface area (Å²) in [7, 11) is 0. The van der Waals surface area contributed by atoms with Crippen LogP contribution in [-0.4, -0.2) is 30.4 Å². The Hall–Kier alpha value is -0.890. The third-order valence-corrected chi connectivity index (χ3v) is 2.78. The fourth-order valence-corrected chi connectivity index (χ4v) is 1.69. The van der Waals surface area contributed by atoms with E-state index in [9.17, 15) is 13.2 Å². The Labute approximate surface area is 114 Å². The van der Waals surface area contributed by atoms with Gasteiger partial charge in [-0.3, -0.25) is 16.3 Å². The molecule has 4 nitrogen and oxygen atoms in total. The highest BCUT2D eigenvalue weighted by atomic mass is 35.5. The number of nitrogens with zero attached hydrogens (tertiary/aromatic N) is 1. The number of hydrogen-bond donors (Lipinski definition) is 2. The summed E-state index contributed by atoms with van der Waals surface area (Å²) >= 11 is 5.94. The molecule has 0 saturated carbocycles. The summed E-state index contributed by atoms with van der Waals surface area (Å²) in [5, 5.41) is 0.499. The molecule has 0 amide bonds. The van der Waals surface area contributed by atoms with Crippen LogP contribution in [0.2, 0.25) is 5.02 Å². The normalized spacial score (nSPS) is 13.5. The smallest absolute Gasteiger partial charge is 0.372 e. The number of alkyl halides is 3. The molecule has 19 heavy (non-hydrogen) atoms. The average Bonchev–Trinajstić information content (AvgIpc) is 2.34. The minimum Gasteiger partial charge on any atom is -0.372 e. The van der Waals surface area contributed by atoms with Gasteiger partial charge >= 0.3 is 6.18 Å². The third kappa shape index (κ3) is 6.72. The molecule has 1 rings (SSSR count). The summed E-state index contributed by atoms with van der Waals surface area (Å²) in [5.74, 6) is 5.35. The molecule has 1 heterocycles. The molecule has 0 aliphatic carbocycles. The number of rotatable bonds is 7. The van der Waals surface area contributed by atoms with Gasteiger partial charge in [0.1, 0.15) is 6.61 Å². The number of hydrazine groups is 1. The molecule has 0 aliphatic rings. The predicted octanol–water partition coefficient (Wildman–Crippen LogP) is 2.08. The lowest BCUT2D eigenvalue weighted by Crippen LogP contribution is -2.38. The van der Waals surface area contributed by atoms with Gasteiger partial charge in [-0.05, 0) is 24.5 Å². The second kappa shape index (κ2) is 7.64. The van der Waals surface area contributed by atoms with Crippen LogP contribution in [-0.2, 0) is 11.2 Å². The van der Waals surface area contributed by atoms with Crippen molar-refractivity contribution in [3.8, 4) is 0 Å². The molecule has 3 N–H and O–H groups in total. The summed E-state index contributed by atoms with van der Waals surface area (Å²) in [4.78, 5) is 3.85. The van der Waals surface area contributed by atoms with Gasteiger partial charge < -0.3 is 4.74 Å². The number of ether oxygens (including phenoxy) is 1. The Bertz CT molecular complexity index is 390. The van der Waals surface area contributed by atoms with E-state index in [2.05, 4.69) is 15.1 Å². The fraction of sp³-hybridized carbons (Fsp3) is 0.545. The second-order valence-electron chi connectivity index (χ2n) is 3.99. The van der Waals surface area contributed by atoms with Crippen molar-refractivity contribution in [3.63, 3.8) is 0 Å². The largest absolute Gasteiger partial charge is 0.411 e. The van der Waals surface area contributed by atoms with Gasteiger partial charge in [-0.1, -0.05) is 11.6 Å². The first-order valence-corrected chi connectivity index (χ1v) is 5.99. The van der Waals surface area contributed by atoms with Crippen molar-refractivity contribution in [2.75, 3.05) is 13.2 Å². The van der Waals surface area contributed by atoms with Gasteiger partial charge in [-0.25, -0.2) is 0 Å². The highest BCUT2D eigenvalue weighted by molar-refractivity contribution is 6.31. The molecule has 0 aromatic carbocycles. The van der Waals surface area contributed by atoms with E-state index in [0.29, 0.717) is 17.9 Å². The van der Waals surface area contributed by atoms with Crippen LogP contribution in [0.25, 0.3) is 0 Å². The highest BCUT2D eigenvalue weighted by Gasteiger charge is 2.27. The van der Waals surface area contributed by atoms with Gasteiger partial charge in [0.2, 0.25) is 0 Å². The van der Waals surface area contributed by atoms with Crippen LogP contribution in [0.4, 0.5) is 13.2 Å². The Balaban J connectivity index is 2.36. The molecule has 1 aromatic rings. The molecule has 8 heteroatoms.